The number of hydrogen-bond acceptors (Lipinski definition) is 10. The van der Waals surface area contributed by atoms with Crippen LogP contribution in [0.15, 0.2) is 137 Å². The van der Waals surface area contributed by atoms with E-state index in [1.165, 1.54) is 11.8 Å². The Bertz CT molecular complexity index is 2220. The monoisotopic (exact) mass is 735 g/mol. The predicted molar refractivity (Wildman–Crippen MR) is 197 cm³/mol. The third-order valence-corrected chi connectivity index (χ3v) is 11.4. The van der Waals surface area contributed by atoms with Crippen molar-refractivity contribution in [1.29, 1.82) is 0 Å². The Labute approximate surface area is 306 Å². The van der Waals surface area contributed by atoms with Crippen molar-refractivity contribution < 1.29 is 28.1 Å². The van der Waals surface area contributed by atoms with Crippen molar-refractivity contribution in [2.45, 2.75) is 48.6 Å². The number of nitrogens with one attached hydrogen (secondary N) is 1. The molecule has 11 nitrogen and oxygen atoms in total. The molecule has 2 heterocycles. The maximum atomic E-state index is 12.8. The largest absolute Gasteiger partial charge is 0.508 e. The van der Waals surface area contributed by atoms with Gasteiger partial charge in [-0.25, -0.2) is 13.1 Å². The third kappa shape index (κ3) is 8.10. The quantitative estimate of drug-likeness (QED) is 0.118. The molecule has 1 aliphatic heterocycles. The summed E-state index contributed by atoms with van der Waals surface area (Å²) in [4.78, 5) is 0.218. The van der Waals surface area contributed by atoms with E-state index < -0.39 is 16.3 Å². The zero-order valence-corrected chi connectivity index (χ0v) is 29.8. The summed E-state index contributed by atoms with van der Waals surface area (Å²) in [6, 6.07) is 38.5. The van der Waals surface area contributed by atoms with Crippen LogP contribution in [0.4, 0.5) is 0 Å². The zero-order chi connectivity index (χ0) is 36.1. The van der Waals surface area contributed by atoms with Gasteiger partial charge in [0.25, 0.3) is 0 Å². The van der Waals surface area contributed by atoms with Gasteiger partial charge in [-0.3, -0.25) is 0 Å². The number of thioether (sulfide) groups is 1. The number of tetrazole rings is 1. The van der Waals surface area contributed by atoms with Gasteiger partial charge in [0.05, 0.1) is 29.4 Å². The van der Waals surface area contributed by atoms with Gasteiger partial charge in [-0.15, -0.1) is 5.10 Å². The van der Waals surface area contributed by atoms with Crippen LogP contribution in [0.25, 0.3) is 16.8 Å². The van der Waals surface area contributed by atoms with E-state index in [4.69, 9.17) is 9.47 Å². The highest BCUT2D eigenvalue weighted by Crippen LogP contribution is 2.43. The van der Waals surface area contributed by atoms with E-state index in [1.807, 2.05) is 72.8 Å². The lowest BCUT2D eigenvalue weighted by Gasteiger charge is -2.41. The van der Waals surface area contributed by atoms with Gasteiger partial charge >= 0.3 is 0 Å². The van der Waals surface area contributed by atoms with Gasteiger partial charge in [0, 0.05) is 23.8 Å². The lowest BCUT2D eigenvalue weighted by atomic mass is 9.91. The van der Waals surface area contributed by atoms with Crippen LogP contribution in [0.2, 0.25) is 0 Å². The Morgan fingerprint density at radius 1 is 0.808 bits per heavy atom. The van der Waals surface area contributed by atoms with Crippen molar-refractivity contribution in [3.05, 3.63) is 150 Å². The highest BCUT2D eigenvalue weighted by molar-refractivity contribution is 7.99. The number of aliphatic hydroxyl groups is 1. The van der Waals surface area contributed by atoms with Crippen molar-refractivity contribution in [1.82, 2.24) is 24.9 Å². The lowest BCUT2D eigenvalue weighted by Crippen LogP contribution is -2.38. The Morgan fingerprint density at radius 3 is 2.29 bits per heavy atom. The van der Waals surface area contributed by atoms with E-state index in [2.05, 4.69) is 27.2 Å². The average molecular weight is 736 g/mol. The SMILES string of the molecule is CC1C(CSc2nnnn2-c2ccc(O)cc2)OC(c2cccc(-c3cccc(CNS(=O)(=O)c4ccccc4)c3)c2)OC1c1ccc(CO)cc1. The maximum absolute atomic E-state index is 12.8. The molecular weight excluding hydrogens is 699 g/mol. The highest BCUT2D eigenvalue weighted by atomic mass is 32.2. The lowest BCUT2D eigenvalue weighted by molar-refractivity contribution is -0.268. The second kappa shape index (κ2) is 15.8. The summed E-state index contributed by atoms with van der Waals surface area (Å²) in [5.74, 6) is 0.634. The molecule has 4 atom stereocenters. The van der Waals surface area contributed by atoms with Crippen molar-refractivity contribution in [2.75, 3.05) is 5.75 Å². The molecule has 4 unspecified atom stereocenters. The summed E-state index contributed by atoms with van der Waals surface area (Å²) < 4.78 is 43.4. The minimum absolute atomic E-state index is 0.0466. The molecule has 1 fully saturated rings. The predicted octanol–water partition coefficient (Wildman–Crippen LogP) is 6.59. The number of sulfonamides is 1. The van der Waals surface area contributed by atoms with E-state index in [9.17, 15) is 18.6 Å². The van der Waals surface area contributed by atoms with E-state index in [1.54, 1.807) is 59.3 Å². The topological polar surface area (TPSA) is 149 Å². The molecule has 52 heavy (non-hydrogen) atoms. The number of aliphatic hydroxyl groups excluding tert-OH is 1. The fraction of sp³-hybridized carbons (Fsp3) is 0.205. The standard InChI is InChI=1S/C39H37N5O6S2/c1-26-36(25-51-39-41-42-43-44(39)33-17-19-34(46)20-18-33)49-38(50-37(26)29-15-13-27(24-45)14-16-29)32-10-6-9-31(22-32)30-8-5-7-28(21-30)23-40-52(47,48)35-11-3-2-4-12-35/h2-22,26,36-38,40,45-46H,23-25H2,1H3. The van der Waals surface area contributed by atoms with Crippen LogP contribution in [-0.4, -0.2) is 50.7 Å². The van der Waals surface area contributed by atoms with Crippen LogP contribution < -0.4 is 4.72 Å². The molecule has 0 amide bonds. The average Bonchev–Trinajstić information content (AvgIpc) is 3.66. The number of aromatic nitrogens is 4. The molecule has 266 valence electrons. The van der Waals surface area contributed by atoms with Crippen LogP contribution in [0.1, 0.15) is 41.6 Å². The van der Waals surface area contributed by atoms with Crippen molar-refractivity contribution in [2.24, 2.45) is 5.92 Å². The molecule has 6 aromatic rings. The number of nitrogens with zero attached hydrogens (tertiary/aromatic N) is 4. The Hall–Kier alpha value is -4.89. The summed E-state index contributed by atoms with van der Waals surface area (Å²) in [7, 11) is -3.66. The summed E-state index contributed by atoms with van der Waals surface area (Å²) in [6.45, 7) is 2.20. The van der Waals surface area contributed by atoms with E-state index >= 15 is 0 Å². The molecule has 13 heteroatoms. The van der Waals surface area contributed by atoms with Gasteiger partial charge in [0.1, 0.15) is 5.75 Å². The van der Waals surface area contributed by atoms with Gasteiger partial charge < -0.3 is 19.7 Å². The zero-order valence-electron chi connectivity index (χ0n) is 28.2. The molecule has 0 saturated carbocycles. The van der Waals surface area contributed by atoms with Crippen LogP contribution in [0.5, 0.6) is 5.75 Å². The van der Waals surface area contributed by atoms with Gasteiger partial charge in [-0.05, 0) is 86.8 Å². The Kier molecular flexibility index (Phi) is 10.8. The fourth-order valence-electron chi connectivity index (χ4n) is 6.08. The molecule has 7 rings (SSSR count). The molecule has 5 aromatic carbocycles. The first-order chi connectivity index (χ1) is 25.3. The fourth-order valence-corrected chi connectivity index (χ4v) is 8.17. The van der Waals surface area contributed by atoms with E-state index in [-0.39, 0.29) is 41.9 Å². The summed E-state index contributed by atoms with van der Waals surface area (Å²) in [5.41, 5.74) is 6.02. The number of phenols is 1. The Balaban J connectivity index is 1.12. The summed E-state index contributed by atoms with van der Waals surface area (Å²) in [5, 5.41) is 32.3. The first-order valence-corrected chi connectivity index (χ1v) is 19.2. The molecule has 0 spiro atoms. The van der Waals surface area contributed by atoms with Gasteiger partial charge in [-0.2, -0.15) is 4.68 Å². The number of rotatable bonds is 12. The Morgan fingerprint density at radius 2 is 1.54 bits per heavy atom. The number of phenolic OH excluding ortho intramolecular Hbond substituents is 1. The number of benzene rings is 5. The molecule has 0 bridgehead atoms. The smallest absolute Gasteiger partial charge is 0.240 e. The van der Waals surface area contributed by atoms with E-state index in [0.717, 1.165) is 39.1 Å². The third-order valence-electron chi connectivity index (χ3n) is 8.97. The molecule has 1 aromatic heterocycles. The van der Waals surface area contributed by atoms with Gasteiger partial charge in [0.2, 0.25) is 15.2 Å². The molecule has 3 N–H and O–H groups in total. The molecule has 1 saturated heterocycles. The van der Waals surface area contributed by atoms with E-state index in [0.29, 0.717) is 10.9 Å². The van der Waals surface area contributed by atoms with Crippen LogP contribution in [-0.2, 0) is 32.6 Å². The van der Waals surface area contributed by atoms with Crippen LogP contribution in [0.3, 0.4) is 0 Å². The number of ether oxygens (including phenoxy) is 2. The van der Waals surface area contributed by atoms with Crippen LogP contribution >= 0.6 is 11.8 Å². The van der Waals surface area contributed by atoms with Crippen molar-refractivity contribution >= 4 is 21.8 Å². The molecule has 1 aliphatic rings. The molecular formula is C39H37N5O6S2. The van der Waals surface area contributed by atoms with Crippen molar-refractivity contribution in [3.8, 4) is 22.6 Å². The highest BCUT2D eigenvalue weighted by Gasteiger charge is 2.38. The second-order valence-corrected chi connectivity index (χ2v) is 15.2. The minimum atomic E-state index is -3.66. The van der Waals surface area contributed by atoms with Gasteiger partial charge in [0.15, 0.2) is 6.29 Å². The van der Waals surface area contributed by atoms with Crippen LogP contribution in [0, 0.1) is 5.92 Å². The molecule has 0 radical (unpaired) electrons. The van der Waals surface area contributed by atoms with Gasteiger partial charge in [-0.1, -0.05) is 97.5 Å². The number of aromatic hydroxyl groups is 1. The number of hydrogen-bond donors (Lipinski definition) is 3. The molecule has 0 aliphatic carbocycles. The normalized spacial score (nSPS) is 19.0. The first-order valence-electron chi connectivity index (χ1n) is 16.7. The minimum Gasteiger partial charge on any atom is -0.508 e. The van der Waals surface area contributed by atoms with Crippen molar-refractivity contribution in [3.63, 3.8) is 0 Å². The summed E-state index contributed by atoms with van der Waals surface area (Å²) in [6.07, 6.45) is -1.27. The first kappa shape index (κ1) is 35.5. The maximum Gasteiger partial charge on any atom is 0.240 e. The summed E-state index contributed by atoms with van der Waals surface area (Å²) >= 11 is 1.47. The second-order valence-electron chi connectivity index (χ2n) is 12.5.